The molecule has 1 spiro atoms. The second-order valence-electron chi connectivity index (χ2n) is 6.87. The topological polar surface area (TPSA) is 53.9 Å². The number of amidine groups is 1. The number of likely N-dealkylation sites (tertiary alicyclic amines) is 1. The van der Waals surface area contributed by atoms with Crippen molar-refractivity contribution >= 4 is 23.3 Å². The van der Waals surface area contributed by atoms with Gasteiger partial charge in [-0.3, -0.25) is 4.79 Å². The molecule has 0 aliphatic carbocycles. The Bertz CT molecular complexity index is 906. The average molecular weight is 388 g/mol. The Balaban J connectivity index is 1.44. The van der Waals surface area contributed by atoms with E-state index in [2.05, 4.69) is 5.48 Å². The minimum atomic E-state index is -0.676. The second-order valence-corrected chi connectivity index (χ2v) is 7.31. The smallest absolute Gasteiger partial charge is 0.253 e. The van der Waals surface area contributed by atoms with Crippen LogP contribution in [0.5, 0.6) is 0 Å². The lowest BCUT2D eigenvalue weighted by molar-refractivity contribution is -0.0849. The van der Waals surface area contributed by atoms with Crippen molar-refractivity contribution in [2.75, 3.05) is 13.1 Å². The number of carbonyl (C=O) groups is 1. The summed E-state index contributed by atoms with van der Waals surface area (Å²) in [6.45, 7) is 2.66. The van der Waals surface area contributed by atoms with Gasteiger partial charge in [0.05, 0.1) is 0 Å². The third-order valence-corrected chi connectivity index (χ3v) is 5.27. The molecule has 0 unspecified atom stereocenters. The minimum Gasteiger partial charge on any atom is -0.338 e. The summed E-state index contributed by atoms with van der Waals surface area (Å²) >= 11 is 5.92. The van der Waals surface area contributed by atoms with Gasteiger partial charge in [0.25, 0.3) is 5.91 Å². The molecule has 27 heavy (non-hydrogen) atoms. The number of hydrogen-bond acceptors (Lipinski definition) is 4. The Morgan fingerprint density at radius 1 is 1.22 bits per heavy atom. The number of carbonyl (C=O) groups excluding carboxylic acids is 1. The maximum Gasteiger partial charge on any atom is 0.253 e. The van der Waals surface area contributed by atoms with E-state index >= 15 is 0 Å². The highest BCUT2D eigenvalue weighted by Crippen LogP contribution is 2.31. The zero-order chi connectivity index (χ0) is 19.0. The zero-order valence-electron chi connectivity index (χ0n) is 14.8. The van der Waals surface area contributed by atoms with E-state index in [0.29, 0.717) is 47.9 Å². The van der Waals surface area contributed by atoms with Gasteiger partial charge in [-0.25, -0.2) is 19.7 Å². The van der Waals surface area contributed by atoms with Crippen LogP contribution in [0.4, 0.5) is 4.39 Å². The second kappa shape index (κ2) is 6.94. The normalized spacial score (nSPS) is 18.3. The van der Waals surface area contributed by atoms with Crippen LogP contribution in [-0.4, -0.2) is 35.5 Å². The molecule has 4 rings (SSSR count). The molecule has 2 heterocycles. The van der Waals surface area contributed by atoms with Crippen LogP contribution in [-0.2, 0) is 4.84 Å². The number of rotatable bonds is 2. The van der Waals surface area contributed by atoms with Crippen LogP contribution >= 0.6 is 11.6 Å². The Hall–Kier alpha value is -2.44. The Labute approximate surface area is 161 Å². The molecule has 2 aliphatic heterocycles. The van der Waals surface area contributed by atoms with E-state index in [1.165, 1.54) is 6.07 Å². The number of aliphatic imine (C=N–C) groups is 1. The van der Waals surface area contributed by atoms with E-state index in [-0.39, 0.29) is 11.7 Å². The van der Waals surface area contributed by atoms with Crippen molar-refractivity contribution in [3.8, 4) is 0 Å². The fraction of sp³-hybridized carbons (Fsp3) is 0.300. The van der Waals surface area contributed by atoms with Gasteiger partial charge < -0.3 is 4.90 Å². The molecule has 0 radical (unpaired) electrons. The number of nitrogens with zero attached hydrogens (tertiary/aromatic N) is 2. The van der Waals surface area contributed by atoms with Gasteiger partial charge in [0, 0.05) is 42.1 Å². The van der Waals surface area contributed by atoms with E-state index in [9.17, 15) is 9.18 Å². The lowest BCUT2D eigenvalue weighted by atomic mass is 10.00. The van der Waals surface area contributed by atoms with Gasteiger partial charge in [0.1, 0.15) is 5.82 Å². The molecular weight excluding hydrogens is 369 g/mol. The van der Waals surface area contributed by atoms with Gasteiger partial charge in [0.2, 0.25) is 0 Å². The Morgan fingerprint density at radius 3 is 2.59 bits per heavy atom. The van der Waals surface area contributed by atoms with Gasteiger partial charge in [0.15, 0.2) is 11.6 Å². The van der Waals surface area contributed by atoms with Gasteiger partial charge in [-0.2, -0.15) is 0 Å². The van der Waals surface area contributed by atoms with Crippen LogP contribution in [0.1, 0.15) is 34.3 Å². The van der Waals surface area contributed by atoms with Crippen LogP contribution in [0.15, 0.2) is 47.5 Å². The van der Waals surface area contributed by atoms with Gasteiger partial charge in [-0.05, 0) is 48.9 Å². The number of piperidine rings is 1. The molecule has 5 nitrogen and oxygen atoms in total. The average Bonchev–Trinajstić information content (AvgIpc) is 3.08. The van der Waals surface area contributed by atoms with Crippen LogP contribution in [0.3, 0.4) is 0 Å². The molecule has 2 aliphatic rings. The first-order valence-corrected chi connectivity index (χ1v) is 9.19. The molecule has 140 valence electrons. The maximum absolute atomic E-state index is 13.8. The molecule has 2 aromatic rings. The molecule has 1 saturated heterocycles. The third kappa shape index (κ3) is 3.55. The summed E-state index contributed by atoms with van der Waals surface area (Å²) in [6.07, 6.45) is 1.13. The summed E-state index contributed by atoms with van der Waals surface area (Å²) in [5.41, 5.74) is 4.01. The summed E-state index contributed by atoms with van der Waals surface area (Å²) in [5.74, 6) is 0.124. The van der Waals surface area contributed by atoms with Crippen molar-refractivity contribution < 1.29 is 14.0 Å². The quantitative estimate of drug-likeness (QED) is 0.854. The predicted octanol–water partition coefficient (Wildman–Crippen LogP) is 3.70. The maximum atomic E-state index is 13.8. The first kappa shape index (κ1) is 17.9. The molecule has 0 saturated carbocycles. The Kier molecular flexibility index (Phi) is 4.61. The summed E-state index contributed by atoms with van der Waals surface area (Å²) in [6, 6.07) is 11.9. The Morgan fingerprint density at radius 2 is 1.93 bits per heavy atom. The van der Waals surface area contributed by atoms with Crippen LogP contribution < -0.4 is 5.48 Å². The van der Waals surface area contributed by atoms with E-state index in [4.69, 9.17) is 21.4 Å². The third-order valence-electron chi connectivity index (χ3n) is 5.02. The number of nitrogens with one attached hydrogen (secondary N) is 1. The molecule has 0 bridgehead atoms. The summed E-state index contributed by atoms with van der Waals surface area (Å²) in [5, 5.41) is 0.660. The highest BCUT2D eigenvalue weighted by molar-refractivity contribution is 6.30. The number of benzene rings is 2. The van der Waals surface area contributed by atoms with Crippen LogP contribution in [0.25, 0.3) is 0 Å². The molecule has 7 heteroatoms. The SMILES string of the molecule is Cc1ccc(C(=O)N2CCC3(CC2)N=C(c2ccc(Cl)cc2)NO3)cc1F. The molecule has 0 aromatic heterocycles. The van der Waals surface area contributed by atoms with Crippen molar-refractivity contribution in [1.82, 2.24) is 10.4 Å². The molecule has 1 N–H and O–H groups in total. The lowest BCUT2D eigenvalue weighted by Gasteiger charge is -2.35. The van der Waals surface area contributed by atoms with Crippen molar-refractivity contribution in [1.29, 1.82) is 0 Å². The van der Waals surface area contributed by atoms with E-state index in [0.717, 1.165) is 5.56 Å². The van der Waals surface area contributed by atoms with Crippen LogP contribution in [0.2, 0.25) is 5.02 Å². The van der Waals surface area contributed by atoms with Gasteiger partial charge >= 0.3 is 0 Å². The largest absolute Gasteiger partial charge is 0.338 e. The van der Waals surface area contributed by atoms with Crippen molar-refractivity contribution in [2.24, 2.45) is 4.99 Å². The first-order valence-electron chi connectivity index (χ1n) is 8.81. The van der Waals surface area contributed by atoms with E-state index < -0.39 is 5.72 Å². The first-order chi connectivity index (χ1) is 13.0. The standard InChI is InChI=1S/C20H19ClFN3O2/c1-13-2-3-15(12-17(13)22)19(26)25-10-8-20(9-11-25)23-18(24-27-20)14-4-6-16(21)7-5-14/h2-7,12H,8-11H2,1H3,(H,23,24). The number of amides is 1. The fourth-order valence-corrected chi connectivity index (χ4v) is 3.43. The van der Waals surface area contributed by atoms with Crippen molar-refractivity contribution in [3.63, 3.8) is 0 Å². The van der Waals surface area contributed by atoms with E-state index in [1.54, 1.807) is 36.1 Å². The number of halogens is 2. The monoisotopic (exact) mass is 387 g/mol. The summed E-state index contributed by atoms with van der Waals surface area (Å²) in [7, 11) is 0. The minimum absolute atomic E-state index is 0.170. The predicted molar refractivity (Wildman–Crippen MR) is 101 cm³/mol. The van der Waals surface area contributed by atoms with E-state index in [1.807, 2.05) is 12.1 Å². The highest BCUT2D eigenvalue weighted by Gasteiger charge is 2.41. The fourth-order valence-electron chi connectivity index (χ4n) is 3.31. The number of aryl methyl sites for hydroxylation is 1. The molecule has 1 amide bonds. The molecule has 1 fully saturated rings. The highest BCUT2D eigenvalue weighted by atomic mass is 35.5. The lowest BCUT2D eigenvalue weighted by Crippen LogP contribution is -2.46. The molecular formula is C20H19ClFN3O2. The van der Waals surface area contributed by atoms with Gasteiger partial charge in [-0.15, -0.1) is 0 Å². The number of hydrogen-bond donors (Lipinski definition) is 1. The molecule has 0 atom stereocenters. The van der Waals surface area contributed by atoms with Crippen molar-refractivity contribution in [3.05, 3.63) is 70.0 Å². The zero-order valence-corrected chi connectivity index (χ0v) is 15.6. The van der Waals surface area contributed by atoms with Crippen LogP contribution in [0, 0.1) is 12.7 Å². The summed E-state index contributed by atoms with van der Waals surface area (Å²) in [4.78, 5) is 24.8. The van der Waals surface area contributed by atoms with Crippen molar-refractivity contribution in [2.45, 2.75) is 25.5 Å². The summed E-state index contributed by atoms with van der Waals surface area (Å²) < 4.78 is 13.8. The van der Waals surface area contributed by atoms with Gasteiger partial charge in [-0.1, -0.05) is 17.7 Å². The number of hydroxylamine groups is 1. The molecule has 2 aromatic carbocycles.